The number of benzene rings is 3. The molecule has 0 atom stereocenters. The minimum atomic E-state index is -0.445. The Hall–Kier alpha value is -4.66. The van der Waals surface area contributed by atoms with Crippen LogP contribution in [-0.2, 0) is 4.74 Å². The molecule has 32 heavy (non-hydrogen) atoms. The summed E-state index contributed by atoms with van der Waals surface area (Å²) in [6.45, 7) is 0. The van der Waals surface area contributed by atoms with Crippen LogP contribution in [0.25, 0.3) is 0 Å². The normalized spacial score (nSPS) is 10.7. The van der Waals surface area contributed by atoms with Gasteiger partial charge in [0.2, 0.25) is 5.96 Å². The third-order valence-corrected chi connectivity index (χ3v) is 4.29. The molecule has 0 saturated carbocycles. The lowest BCUT2D eigenvalue weighted by Crippen LogP contribution is -2.22. The van der Waals surface area contributed by atoms with E-state index in [1.54, 1.807) is 48.5 Å². The van der Waals surface area contributed by atoms with Gasteiger partial charge in [-0.1, -0.05) is 42.5 Å². The molecule has 0 aliphatic carbocycles. The van der Waals surface area contributed by atoms with Crippen LogP contribution in [0.5, 0.6) is 0 Å². The van der Waals surface area contributed by atoms with Crippen molar-refractivity contribution >= 4 is 35.0 Å². The van der Waals surface area contributed by atoms with E-state index < -0.39 is 12.0 Å². The average Bonchev–Trinajstić information content (AvgIpc) is 2.80. The maximum Gasteiger partial charge on any atom is 0.337 e. The third kappa shape index (κ3) is 5.92. The maximum absolute atomic E-state index is 12.3. The van der Waals surface area contributed by atoms with Crippen molar-refractivity contribution in [3.8, 4) is 0 Å². The first-order valence-electron chi connectivity index (χ1n) is 9.55. The highest BCUT2D eigenvalue weighted by atomic mass is 16.5. The van der Waals surface area contributed by atoms with E-state index in [0.717, 1.165) is 11.1 Å². The average molecular weight is 430 g/mol. The second kappa shape index (κ2) is 10.4. The molecule has 9 heteroatoms. The van der Waals surface area contributed by atoms with E-state index in [9.17, 15) is 9.59 Å². The third-order valence-electron chi connectivity index (χ3n) is 4.29. The molecule has 3 aromatic carbocycles. The fourth-order valence-corrected chi connectivity index (χ4v) is 2.80. The molecule has 0 aliphatic heterocycles. The summed E-state index contributed by atoms with van der Waals surface area (Å²) in [5, 5.41) is 13.4. The van der Waals surface area contributed by atoms with Gasteiger partial charge in [-0.25, -0.2) is 9.59 Å². The number of nitrogens with one attached hydrogen (secondary N) is 2. The summed E-state index contributed by atoms with van der Waals surface area (Å²) >= 11 is 0. The first-order chi connectivity index (χ1) is 15.5. The zero-order chi connectivity index (χ0) is 22.9. The van der Waals surface area contributed by atoms with E-state index in [2.05, 4.69) is 25.6 Å². The largest absolute Gasteiger partial charge is 0.465 e. The fraction of sp³-hybridized carbons (Fsp3) is 0.0435. The highest BCUT2D eigenvalue weighted by Gasteiger charge is 2.09. The van der Waals surface area contributed by atoms with Crippen molar-refractivity contribution in [1.29, 1.82) is 0 Å². The molecule has 6 N–H and O–H groups in total. The van der Waals surface area contributed by atoms with E-state index in [1.165, 1.54) is 7.11 Å². The highest BCUT2D eigenvalue weighted by molar-refractivity contribution is 6.13. The van der Waals surface area contributed by atoms with E-state index in [4.69, 9.17) is 11.5 Å². The van der Waals surface area contributed by atoms with Gasteiger partial charge in [-0.15, -0.1) is 10.2 Å². The molecule has 9 nitrogen and oxygen atoms in total. The lowest BCUT2D eigenvalue weighted by Gasteiger charge is -2.10. The van der Waals surface area contributed by atoms with Crippen LogP contribution in [0.2, 0.25) is 0 Å². The van der Waals surface area contributed by atoms with Gasteiger partial charge in [0.25, 0.3) is 0 Å². The number of nitrogens with two attached hydrogens (primary N) is 2. The van der Waals surface area contributed by atoms with Crippen LogP contribution < -0.4 is 22.1 Å². The molecule has 3 rings (SSSR count). The van der Waals surface area contributed by atoms with Crippen LogP contribution >= 0.6 is 0 Å². The molecule has 0 radical (unpaired) electrons. The molecule has 3 aromatic rings. The van der Waals surface area contributed by atoms with Gasteiger partial charge in [0, 0.05) is 22.5 Å². The second-order valence-electron chi connectivity index (χ2n) is 6.56. The van der Waals surface area contributed by atoms with Crippen LogP contribution in [0.4, 0.5) is 16.2 Å². The number of ether oxygens (including phenoxy) is 1. The molecule has 0 unspecified atom stereocenters. The number of rotatable bonds is 6. The van der Waals surface area contributed by atoms with Gasteiger partial charge >= 0.3 is 12.0 Å². The van der Waals surface area contributed by atoms with E-state index in [1.807, 2.05) is 30.3 Å². The Kier molecular flexibility index (Phi) is 7.16. The minimum absolute atomic E-state index is 0.145. The van der Waals surface area contributed by atoms with E-state index >= 15 is 0 Å². The number of nitrogens with zero attached hydrogens (tertiary/aromatic N) is 2. The summed E-state index contributed by atoms with van der Waals surface area (Å²) in [4.78, 5) is 23.8. The number of carbonyl (C=O) groups excluding carboxylic acids is 2. The molecule has 2 amide bonds. The van der Waals surface area contributed by atoms with Crippen molar-refractivity contribution in [3.63, 3.8) is 0 Å². The molecule has 0 aliphatic rings. The Morgan fingerprint density at radius 2 is 1.22 bits per heavy atom. The van der Waals surface area contributed by atoms with Crippen LogP contribution in [0.15, 0.2) is 89.1 Å². The van der Waals surface area contributed by atoms with Gasteiger partial charge in [-0.2, -0.15) is 0 Å². The van der Waals surface area contributed by atoms with Crippen LogP contribution in [0.3, 0.4) is 0 Å². The van der Waals surface area contributed by atoms with Gasteiger partial charge in [0.1, 0.15) is 5.71 Å². The number of carbonyl (C=O) groups is 2. The molecule has 0 saturated heterocycles. The Morgan fingerprint density at radius 3 is 1.72 bits per heavy atom. The molecule has 162 valence electrons. The van der Waals surface area contributed by atoms with Crippen molar-refractivity contribution in [2.24, 2.45) is 21.7 Å². The van der Waals surface area contributed by atoms with Gasteiger partial charge in [0.05, 0.1) is 12.7 Å². The SMILES string of the molecule is COC(=O)c1ccc(NC(=O)Nc2ccc(/C(=N/N=C(N)N)c3ccccc3)cc2)cc1. The summed E-state index contributed by atoms with van der Waals surface area (Å²) in [5.74, 6) is -0.590. The van der Waals surface area contributed by atoms with Gasteiger partial charge in [-0.05, 0) is 36.4 Å². The molecule has 0 bridgehead atoms. The summed E-state index contributed by atoms with van der Waals surface area (Å²) in [6, 6.07) is 22.5. The zero-order valence-electron chi connectivity index (χ0n) is 17.3. The number of hydrogen-bond donors (Lipinski definition) is 4. The van der Waals surface area contributed by atoms with Crippen molar-refractivity contribution in [1.82, 2.24) is 0 Å². The van der Waals surface area contributed by atoms with Gasteiger partial charge in [-0.3, -0.25) is 0 Å². The summed E-state index contributed by atoms with van der Waals surface area (Å²) in [5.41, 5.74) is 14.5. The Balaban J connectivity index is 1.70. The van der Waals surface area contributed by atoms with Crippen molar-refractivity contribution < 1.29 is 14.3 Å². The number of guanidine groups is 1. The fourth-order valence-electron chi connectivity index (χ4n) is 2.80. The number of urea groups is 1. The molecule has 0 heterocycles. The topological polar surface area (TPSA) is 144 Å². The summed E-state index contributed by atoms with van der Waals surface area (Å²) in [6.07, 6.45) is 0. The van der Waals surface area contributed by atoms with Crippen molar-refractivity contribution in [3.05, 3.63) is 95.6 Å². The highest BCUT2D eigenvalue weighted by Crippen LogP contribution is 2.16. The summed E-state index contributed by atoms with van der Waals surface area (Å²) in [7, 11) is 1.31. The Labute approximate surface area is 184 Å². The second-order valence-corrected chi connectivity index (χ2v) is 6.56. The number of anilines is 2. The van der Waals surface area contributed by atoms with Crippen molar-refractivity contribution in [2.45, 2.75) is 0 Å². The minimum Gasteiger partial charge on any atom is -0.465 e. The quantitative estimate of drug-likeness (QED) is 0.205. The number of hydrogen-bond acceptors (Lipinski definition) is 5. The molecular weight excluding hydrogens is 408 g/mol. The lowest BCUT2D eigenvalue weighted by molar-refractivity contribution is 0.0600. The van der Waals surface area contributed by atoms with E-state index in [-0.39, 0.29) is 5.96 Å². The smallest absolute Gasteiger partial charge is 0.337 e. The number of amides is 2. The van der Waals surface area contributed by atoms with Crippen molar-refractivity contribution in [2.75, 3.05) is 17.7 Å². The molecule has 0 spiro atoms. The standard InChI is InChI=1S/C23H22N6O3/c1-32-21(30)17-9-13-19(14-10-17)27-23(31)26-18-11-7-16(8-12-18)20(28-29-22(24)25)15-5-3-2-4-6-15/h2-14H,1H3,(H4,24,25,29)(H2,26,27,31)/b28-20+. The first kappa shape index (κ1) is 22.0. The molecular formula is C23H22N6O3. The molecule has 0 aromatic heterocycles. The Bertz CT molecular complexity index is 1140. The van der Waals surface area contributed by atoms with Gasteiger partial charge in [0.15, 0.2) is 0 Å². The summed E-state index contributed by atoms with van der Waals surface area (Å²) < 4.78 is 4.65. The predicted molar refractivity (Wildman–Crippen MR) is 125 cm³/mol. The van der Waals surface area contributed by atoms with Gasteiger partial charge < -0.3 is 26.8 Å². The molecule has 0 fully saturated rings. The first-order valence-corrected chi connectivity index (χ1v) is 9.55. The maximum atomic E-state index is 12.3. The Morgan fingerprint density at radius 1 is 0.719 bits per heavy atom. The number of methoxy groups -OCH3 is 1. The monoisotopic (exact) mass is 430 g/mol. The lowest BCUT2D eigenvalue weighted by atomic mass is 10.0. The van der Waals surface area contributed by atoms with Crippen LogP contribution in [0, 0.1) is 0 Å². The predicted octanol–water partition coefficient (Wildman–Crippen LogP) is 3.14. The zero-order valence-corrected chi connectivity index (χ0v) is 17.3. The van der Waals surface area contributed by atoms with E-state index in [0.29, 0.717) is 22.6 Å². The van der Waals surface area contributed by atoms with Crippen LogP contribution in [-0.4, -0.2) is 30.8 Å². The number of esters is 1. The van der Waals surface area contributed by atoms with Crippen LogP contribution in [0.1, 0.15) is 21.5 Å².